The molecular weight excluding hydrogens is 396 g/mol. The highest BCUT2D eigenvalue weighted by Gasteiger charge is 2.28. The smallest absolute Gasteiger partial charge is 0.251 e. The number of nitrogens with one attached hydrogen (secondary N) is 1. The predicted octanol–water partition coefficient (Wildman–Crippen LogP) is 3.70. The maximum Gasteiger partial charge on any atom is 0.251 e. The molecular formula is C19H20N4O3S2. The molecule has 0 saturated heterocycles. The molecule has 2 aliphatic rings. The first-order valence-electron chi connectivity index (χ1n) is 9.15. The molecule has 3 aromatic rings. The number of nitrogens with zero attached hydrogens (tertiary/aromatic N) is 2. The predicted molar refractivity (Wildman–Crippen MR) is 111 cm³/mol. The van der Waals surface area contributed by atoms with Crippen LogP contribution < -0.4 is 20.5 Å². The number of nitrogens with two attached hydrogens (primary N) is 1. The molecule has 0 atom stereocenters. The van der Waals surface area contributed by atoms with Gasteiger partial charge < -0.3 is 20.5 Å². The molecule has 0 aliphatic carbocycles. The lowest BCUT2D eigenvalue weighted by Gasteiger charge is -2.30. The highest BCUT2D eigenvalue weighted by Crippen LogP contribution is 2.42. The van der Waals surface area contributed by atoms with Crippen molar-refractivity contribution in [3.05, 3.63) is 28.1 Å². The highest BCUT2D eigenvalue weighted by molar-refractivity contribution is 7.23. The molecule has 0 unspecified atom stereocenters. The Morgan fingerprint density at radius 2 is 2.07 bits per heavy atom. The quantitative estimate of drug-likeness (QED) is 0.674. The molecule has 1 aromatic carbocycles. The van der Waals surface area contributed by atoms with Gasteiger partial charge in [0.25, 0.3) is 5.91 Å². The third kappa shape index (κ3) is 2.90. The number of hydrogen-bond donors (Lipinski definition) is 2. The van der Waals surface area contributed by atoms with Gasteiger partial charge in [-0.05, 0) is 25.8 Å². The maximum absolute atomic E-state index is 12.2. The van der Waals surface area contributed by atoms with Crippen LogP contribution >= 0.6 is 22.7 Å². The van der Waals surface area contributed by atoms with E-state index >= 15 is 0 Å². The molecule has 1 amide bonds. The maximum atomic E-state index is 12.2. The molecule has 4 heterocycles. The van der Waals surface area contributed by atoms with Crippen LogP contribution in [0.1, 0.15) is 34.6 Å². The number of rotatable bonds is 4. The van der Waals surface area contributed by atoms with Crippen LogP contribution in [0.25, 0.3) is 10.2 Å². The Hall–Kier alpha value is -2.36. The summed E-state index contributed by atoms with van der Waals surface area (Å²) in [6.07, 6.45) is 0.839. The van der Waals surface area contributed by atoms with Crippen LogP contribution in [0.3, 0.4) is 0 Å². The average Bonchev–Trinajstić information content (AvgIpc) is 3.33. The molecule has 0 spiro atoms. The minimum Gasteiger partial charge on any atom is -0.454 e. The van der Waals surface area contributed by atoms with Crippen molar-refractivity contribution in [2.45, 2.75) is 32.9 Å². The van der Waals surface area contributed by atoms with E-state index in [1.165, 1.54) is 16.2 Å². The Kier molecular flexibility index (Phi) is 4.18. The van der Waals surface area contributed by atoms with E-state index in [2.05, 4.69) is 29.0 Å². The van der Waals surface area contributed by atoms with Crippen molar-refractivity contribution in [1.29, 1.82) is 0 Å². The van der Waals surface area contributed by atoms with Gasteiger partial charge in [0.1, 0.15) is 5.00 Å². The number of benzene rings is 1. The minimum atomic E-state index is -0.389. The van der Waals surface area contributed by atoms with E-state index in [0.717, 1.165) is 51.2 Å². The van der Waals surface area contributed by atoms with E-state index < -0.39 is 0 Å². The summed E-state index contributed by atoms with van der Waals surface area (Å²) in [6.45, 7) is 6.42. The number of anilines is 2. The van der Waals surface area contributed by atoms with E-state index in [1.807, 2.05) is 12.1 Å². The lowest BCUT2D eigenvalue weighted by Crippen LogP contribution is -2.35. The highest BCUT2D eigenvalue weighted by atomic mass is 32.1. The number of ether oxygens (including phenoxy) is 2. The van der Waals surface area contributed by atoms with Gasteiger partial charge in [-0.25, -0.2) is 4.98 Å². The molecule has 0 bridgehead atoms. The van der Waals surface area contributed by atoms with Gasteiger partial charge in [-0.1, -0.05) is 11.3 Å². The fourth-order valence-electron chi connectivity index (χ4n) is 3.68. The first-order valence-corrected chi connectivity index (χ1v) is 10.8. The van der Waals surface area contributed by atoms with Crippen molar-refractivity contribution in [2.24, 2.45) is 5.73 Å². The van der Waals surface area contributed by atoms with E-state index in [-0.39, 0.29) is 12.7 Å². The molecule has 5 rings (SSSR count). The Labute approximate surface area is 170 Å². The summed E-state index contributed by atoms with van der Waals surface area (Å²) in [5, 5.41) is 4.85. The number of aromatic nitrogens is 1. The van der Waals surface area contributed by atoms with E-state index in [9.17, 15) is 4.79 Å². The largest absolute Gasteiger partial charge is 0.454 e. The van der Waals surface area contributed by atoms with Crippen LogP contribution in [0, 0.1) is 0 Å². The van der Waals surface area contributed by atoms with Gasteiger partial charge in [-0.2, -0.15) is 0 Å². The van der Waals surface area contributed by atoms with Gasteiger partial charge in [0.05, 0.1) is 15.8 Å². The first-order chi connectivity index (χ1) is 13.5. The fraction of sp³-hybridized carbons (Fsp3) is 0.368. The Morgan fingerprint density at radius 3 is 2.82 bits per heavy atom. The molecule has 0 saturated carbocycles. The second-order valence-electron chi connectivity index (χ2n) is 7.20. The second kappa shape index (κ2) is 6.61. The molecule has 28 heavy (non-hydrogen) atoms. The number of primary amides is 1. The van der Waals surface area contributed by atoms with Gasteiger partial charge in [-0.3, -0.25) is 9.69 Å². The van der Waals surface area contributed by atoms with Crippen LogP contribution in [0.4, 0.5) is 10.1 Å². The van der Waals surface area contributed by atoms with Crippen molar-refractivity contribution < 1.29 is 14.3 Å². The summed E-state index contributed by atoms with van der Waals surface area (Å²) < 4.78 is 11.9. The summed E-state index contributed by atoms with van der Waals surface area (Å²) >= 11 is 3.12. The van der Waals surface area contributed by atoms with E-state index in [0.29, 0.717) is 17.4 Å². The molecule has 146 valence electrons. The summed E-state index contributed by atoms with van der Waals surface area (Å²) in [7, 11) is 0. The third-order valence-electron chi connectivity index (χ3n) is 5.17. The van der Waals surface area contributed by atoms with Crippen LogP contribution in [-0.4, -0.2) is 35.2 Å². The topological polar surface area (TPSA) is 89.7 Å². The summed E-state index contributed by atoms with van der Waals surface area (Å²) in [5.74, 6) is 1.06. The van der Waals surface area contributed by atoms with Gasteiger partial charge in [0.15, 0.2) is 16.6 Å². The minimum absolute atomic E-state index is 0.244. The van der Waals surface area contributed by atoms with Crippen molar-refractivity contribution in [3.8, 4) is 11.5 Å². The van der Waals surface area contributed by atoms with Gasteiger partial charge in [0, 0.05) is 36.1 Å². The number of carbonyl (C=O) groups excluding carboxylic acids is 1. The summed E-state index contributed by atoms with van der Waals surface area (Å²) in [4.78, 5) is 20.5. The number of thiophene rings is 1. The van der Waals surface area contributed by atoms with Crippen molar-refractivity contribution in [2.75, 3.05) is 18.7 Å². The summed E-state index contributed by atoms with van der Waals surface area (Å²) in [6, 6.07) is 4.29. The normalized spacial score (nSPS) is 16.0. The van der Waals surface area contributed by atoms with E-state index in [1.54, 1.807) is 11.3 Å². The monoisotopic (exact) mass is 416 g/mol. The van der Waals surface area contributed by atoms with E-state index in [4.69, 9.17) is 15.2 Å². The second-order valence-corrected chi connectivity index (χ2v) is 9.34. The summed E-state index contributed by atoms with van der Waals surface area (Å²) in [5.41, 5.74) is 8.26. The zero-order valence-electron chi connectivity index (χ0n) is 15.6. The number of amides is 1. The SMILES string of the molecule is CC(C)N1CCc2c(sc(Nc3nc4cc5c(cc4s3)OCO5)c2C(N)=O)C1. The molecule has 3 N–H and O–H groups in total. The molecule has 0 radical (unpaired) electrons. The molecule has 7 nitrogen and oxygen atoms in total. The van der Waals surface area contributed by atoms with Crippen LogP contribution in [0.15, 0.2) is 12.1 Å². The Morgan fingerprint density at radius 1 is 1.29 bits per heavy atom. The Balaban J connectivity index is 1.50. The third-order valence-corrected chi connectivity index (χ3v) is 7.23. The number of carbonyl (C=O) groups is 1. The standard InChI is InChI=1S/C19H20N4O3S2/c1-9(2)23-4-3-10-15(7-23)27-18(16(10)17(20)24)22-19-21-11-5-12-13(26-8-25-12)6-14(11)28-19/h5-6,9H,3-4,7-8H2,1-2H3,(H2,20,24)(H,21,22). The number of hydrogen-bond acceptors (Lipinski definition) is 8. The molecule has 2 aromatic heterocycles. The van der Waals surface area contributed by atoms with Crippen LogP contribution in [0.2, 0.25) is 0 Å². The first kappa shape index (κ1) is 17.7. The lowest BCUT2D eigenvalue weighted by atomic mass is 10.0. The van der Waals surface area contributed by atoms with Crippen LogP contribution in [-0.2, 0) is 13.0 Å². The van der Waals surface area contributed by atoms with Crippen molar-refractivity contribution in [1.82, 2.24) is 9.88 Å². The molecule has 9 heteroatoms. The van der Waals surface area contributed by atoms with Crippen LogP contribution in [0.5, 0.6) is 11.5 Å². The molecule has 2 aliphatic heterocycles. The zero-order valence-corrected chi connectivity index (χ0v) is 17.2. The number of fused-ring (bicyclic) bond motifs is 3. The average molecular weight is 417 g/mol. The fourth-order valence-corrected chi connectivity index (χ4v) is 5.90. The zero-order chi connectivity index (χ0) is 19.4. The van der Waals surface area contributed by atoms with Crippen molar-refractivity contribution >= 4 is 48.9 Å². The lowest BCUT2D eigenvalue weighted by molar-refractivity contribution is 0.0999. The Bertz CT molecular complexity index is 1050. The number of thiazole rings is 1. The van der Waals surface area contributed by atoms with Gasteiger partial charge in [0.2, 0.25) is 6.79 Å². The molecule has 0 fully saturated rings. The van der Waals surface area contributed by atoms with Gasteiger partial charge in [-0.15, -0.1) is 11.3 Å². The van der Waals surface area contributed by atoms with Crippen molar-refractivity contribution in [3.63, 3.8) is 0 Å². The van der Waals surface area contributed by atoms with Gasteiger partial charge >= 0.3 is 0 Å².